The molecule has 0 aliphatic carbocycles. The Morgan fingerprint density at radius 3 is 2.65 bits per heavy atom. The fourth-order valence-corrected chi connectivity index (χ4v) is 2.67. The van der Waals surface area contributed by atoms with Gasteiger partial charge in [-0.1, -0.05) is 18.3 Å². The quantitative estimate of drug-likeness (QED) is 0.743. The van der Waals surface area contributed by atoms with Crippen molar-refractivity contribution in [2.75, 3.05) is 18.0 Å². The summed E-state index contributed by atoms with van der Waals surface area (Å²) < 4.78 is 37.1. The largest absolute Gasteiger partial charge is 0.445 e. The molecular weight excluding hydrogens is 275 g/mol. The summed E-state index contributed by atoms with van der Waals surface area (Å²) in [4.78, 5) is 1.82. The van der Waals surface area contributed by atoms with Gasteiger partial charge in [0.05, 0.1) is 0 Å². The molecule has 2 rings (SSSR count). The summed E-state index contributed by atoms with van der Waals surface area (Å²) in [6.45, 7) is 3.24. The highest BCUT2D eigenvalue weighted by molar-refractivity contribution is 7.15. The van der Waals surface area contributed by atoms with Crippen molar-refractivity contribution >= 4 is 28.1 Å². The molecule has 0 aromatic carbocycles. The van der Waals surface area contributed by atoms with Crippen LogP contribution in [0.2, 0.25) is 0 Å². The molecule has 0 spiro atoms. The highest BCUT2D eigenvalue weighted by Crippen LogP contribution is 2.35. The van der Waals surface area contributed by atoms with Crippen molar-refractivity contribution in [2.24, 2.45) is 5.92 Å². The number of halogens is 4. The second-order valence-corrected chi connectivity index (χ2v) is 5.63. The first-order chi connectivity index (χ1) is 7.88. The van der Waals surface area contributed by atoms with E-state index < -0.39 is 11.2 Å². The van der Waals surface area contributed by atoms with E-state index in [-0.39, 0.29) is 11.3 Å². The maximum absolute atomic E-state index is 12.4. The van der Waals surface area contributed by atoms with E-state index in [1.165, 1.54) is 0 Å². The average molecular weight is 286 g/mol. The number of hydrogen-bond donors (Lipinski definition) is 0. The molecule has 0 N–H and O–H groups in total. The van der Waals surface area contributed by atoms with Crippen molar-refractivity contribution < 1.29 is 13.2 Å². The Bertz CT molecular complexity index is 395. The molecule has 1 aliphatic heterocycles. The molecule has 96 valence electrons. The van der Waals surface area contributed by atoms with Crippen molar-refractivity contribution in [3.63, 3.8) is 0 Å². The molecule has 0 bridgehead atoms. The summed E-state index contributed by atoms with van der Waals surface area (Å²) in [5.74, 6) is 0.239. The van der Waals surface area contributed by atoms with Gasteiger partial charge in [-0.3, -0.25) is 0 Å². The third-order valence-corrected chi connectivity index (χ3v) is 4.41. The van der Waals surface area contributed by atoms with Gasteiger partial charge in [0.1, 0.15) is 0 Å². The lowest BCUT2D eigenvalue weighted by molar-refractivity contribution is -0.138. The smallest absolute Gasteiger partial charge is 0.346 e. The molecule has 8 heteroatoms. The number of alkyl halides is 4. The van der Waals surface area contributed by atoms with Crippen LogP contribution in [0.3, 0.4) is 0 Å². The van der Waals surface area contributed by atoms with Crippen LogP contribution < -0.4 is 4.90 Å². The minimum Gasteiger partial charge on any atom is -0.346 e. The zero-order chi connectivity index (χ0) is 12.6. The van der Waals surface area contributed by atoms with Gasteiger partial charge in [-0.15, -0.1) is 21.8 Å². The molecular formula is C9H11ClF3N3S. The van der Waals surface area contributed by atoms with Crippen LogP contribution in [0.5, 0.6) is 0 Å². The Kier molecular flexibility index (Phi) is 3.49. The summed E-state index contributed by atoms with van der Waals surface area (Å²) in [7, 11) is 0. The van der Waals surface area contributed by atoms with Crippen LogP contribution in [-0.4, -0.2) is 28.7 Å². The van der Waals surface area contributed by atoms with Gasteiger partial charge in [0.15, 0.2) is 0 Å². The van der Waals surface area contributed by atoms with Crippen molar-refractivity contribution in [2.45, 2.75) is 24.9 Å². The van der Waals surface area contributed by atoms with Crippen LogP contribution in [0, 0.1) is 5.92 Å². The standard InChI is InChI=1S/C9H11ClF3N3S/c1-5-4-16(3-2-6(5)10)8-15-14-7(17-8)9(11,12)13/h5-6H,2-4H2,1H3. The van der Waals surface area contributed by atoms with Gasteiger partial charge in [-0.2, -0.15) is 13.2 Å². The zero-order valence-electron chi connectivity index (χ0n) is 9.04. The number of piperidine rings is 1. The van der Waals surface area contributed by atoms with E-state index in [2.05, 4.69) is 10.2 Å². The van der Waals surface area contributed by atoms with Crippen LogP contribution in [0.1, 0.15) is 18.4 Å². The minimum atomic E-state index is -4.41. The van der Waals surface area contributed by atoms with Gasteiger partial charge in [-0.05, 0) is 12.3 Å². The van der Waals surface area contributed by atoms with Crippen molar-refractivity contribution in [3.05, 3.63) is 5.01 Å². The minimum absolute atomic E-state index is 0.0845. The Hall–Kier alpha value is -0.560. The highest BCUT2D eigenvalue weighted by atomic mass is 35.5. The van der Waals surface area contributed by atoms with Gasteiger partial charge in [-0.25, -0.2) is 0 Å². The van der Waals surface area contributed by atoms with E-state index in [1.807, 2.05) is 11.8 Å². The van der Waals surface area contributed by atoms with E-state index in [0.29, 0.717) is 29.6 Å². The van der Waals surface area contributed by atoms with Gasteiger partial charge < -0.3 is 4.90 Å². The molecule has 17 heavy (non-hydrogen) atoms. The van der Waals surface area contributed by atoms with Crippen LogP contribution in [-0.2, 0) is 6.18 Å². The topological polar surface area (TPSA) is 29.0 Å². The fraction of sp³-hybridized carbons (Fsp3) is 0.778. The molecule has 2 unspecified atom stereocenters. The molecule has 0 radical (unpaired) electrons. The number of rotatable bonds is 1. The summed E-state index contributed by atoms with van der Waals surface area (Å²) in [5.41, 5.74) is 0. The lowest BCUT2D eigenvalue weighted by Gasteiger charge is -2.33. The van der Waals surface area contributed by atoms with Crippen LogP contribution >= 0.6 is 22.9 Å². The summed E-state index contributed by atoms with van der Waals surface area (Å²) in [6, 6.07) is 0. The van der Waals surface area contributed by atoms with Crippen LogP contribution in [0.4, 0.5) is 18.3 Å². The van der Waals surface area contributed by atoms with E-state index in [4.69, 9.17) is 11.6 Å². The third kappa shape index (κ3) is 2.82. The van der Waals surface area contributed by atoms with Gasteiger partial charge in [0.2, 0.25) is 10.1 Å². The molecule has 2 heterocycles. The highest BCUT2D eigenvalue weighted by Gasteiger charge is 2.37. The van der Waals surface area contributed by atoms with Crippen LogP contribution in [0.25, 0.3) is 0 Å². The number of anilines is 1. The SMILES string of the molecule is CC1CN(c2nnc(C(F)(F)F)s2)CCC1Cl. The van der Waals surface area contributed by atoms with Crippen molar-refractivity contribution in [1.82, 2.24) is 10.2 Å². The van der Waals surface area contributed by atoms with E-state index >= 15 is 0 Å². The monoisotopic (exact) mass is 285 g/mol. The Morgan fingerprint density at radius 2 is 2.12 bits per heavy atom. The predicted molar refractivity (Wildman–Crippen MR) is 60.5 cm³/mol. The number of hydrogen-bond acceptors (Lipinski definition) is 4. The van der Waals surface area contributed by atoms with Crippen molar-refractivity contribution in [1.29, 1.82) is 0 Å². The zero-order valence-corrected chi connectivity index (χ0v) is 10.6. The Labute approximate surface area is 106 Å². The first-order valence-electron chi connectivity index (χ1n) is 5.17. The fourth-order valence-electron chi connectivity index (χ4n) is 1.75. The first-order valence-corrected chi connectivity index (χ1v) is 6.43. The number of aromatic nitrogens is 2. The summed E-state index contributed by atoms with van der Waals surface area (Å²) in [6.07, 6.45) is -3.66. The molecule has 3 nitrogen and oxygen atoms in total. The second-order valence-electron chi connectivity index (χ2n) is 4.12. The molecule has 1 aliphatic rings. The molecule has 1 aromatic heterocycles. The van der Waals surface area contributed by atoms with Crippen molar-refractivity contribution in [3.8, 4) is 0 Å². The van der Waals surface area contributed by atoms with Gasteiger partial charge >= 0.3 is 6.18 Å². The van der Waals surface area contributed by atoms with E-state index in [1.54, 1.807) is 0 Å². The lowest BCUT2D eigenvalue weighted by atomic mass is 10.0. The molecule has 0 saturated carbocycles. The maximum Gasteiger partial charge on any atom is 0.445 e. The lowest BCUT2D eigenvalue weighted by Crippen LogP contribution is -2.39. The normalized spacial score (nSPS) is 26.3. The molecule has 2 atom stereocenters. The van der Waals surface area contributed by atoms with Gasteiger partial charge in [0, 0.05) is 18.5 Å². The van der Waals surface area contributed by atoms with E-state index in [9.17, 15) is 13.2 Å². The average Bonchev–Trinajstić information content (AvgIpc) is 2.70. The third-order valence-electron chi connectivity index (χ3n) is 2.73. The van der Waals surface area contributed by atoms with Gasteiger partial charge in [0.25, 0.3) is 0 Å². The first kappa shape index (κ1) is 12.9. The molecule has 1 aromatic rings. The molecule has 1 fully saturated rings. The molecule has 0 amide bonds. The van der Waals surface area contributed by atoms with E-state index in [0.717, 1.165) is 6.42 Å². The Balaban J connectivity index is 2.11. The number of nitrogens with zero attached hydrogens (tertiary/aromatic N) is 3. The predicted octanol–water partition coefficient (Wildman–Crippen LogP) is 3.01. The Morgan fingerprint density at radius 1 is 1.41 bits per heavy atom. The summed E-state index contributed by atoms with van der Waals surface area (Å²) >= 11 is 6.64. The molecule has 1 saturated heterocycles. The summed E-state index contributed by atoms with van der Waals surface area (Å²) in [5, 5.41) is 6.29. The second kappa shape index (κ2) is 4.61. The maximum atomic E-state index is 12.4. The van der Waals surface area contributed by atoms with Crippen LogP contribution in [0.15, 0.2) is 0 Å².